The number of hydrogen-bond acceptors (Lipinski definition) is 4. The highest BCUT2D eigenvalue weighted by Gasteiger charge is 2.04. The van der Waals surface area contributed by atoms with E-state index in [0.717, 1.165) is 22.1 Å². The van der Waals surface area contributed by atoms with E-state index in [9.17, 15) is 0 Å². The zero-order valence-corrected chi connectivity index (χ0v) is 10.8. The maximum atomic E-state index is 4.32. The lowest BCUT2D eigenvalue weighted by molar-refractivity contribution is 0.640. The lowest BCUT2D eigenvalue weighted by atomic mass is 10.1. The fraction of sp³-hybridized carbons (Fsp3) is 0.308. The van der Waals surface area contributed by atoms with E-state index in [-0.39, 0.29) is 0 Å². The van der Waals surface area contributed by atoms with Crippen LogP contribution in [0.5, 0.6) is 0 Å². The van der Waals surface area contributed by atoms with Gasteiger partial charge in [-0.2, -0.15) is 0 Å². The minimum Gasteiger partial charge on any atom is -0.226 e. The Morgan fingerprint density at radius 2 is 2.00 bits per heavy atom. The van der Waals surface area contributed by atoms with Crippen molar-refractivity contribution in [1.29, 1.82) is 0 Å². The molecular formula is C13H15N3S. The molecule has 0 unspecified atom stereocenters. The Kier molecular flexibility index (Phi) is 3.98. The zero-order chi connectivity index (χ0) is 12.1. The van der Waals surface area contributed by atoms with Crippen LogP contribution in [0.1, 0.15) is 24.4 Å². The predicted molar refractivity (Wildman–Crippen MR) is 72.1 cm³/mol. The Hall–Kier alpha value is -1.55. The highest BCUT2D eigenvalue weighted by Crippen LogP contribution is 2.20. The Bertz CT molecular complexity index is 488. The fourth-order valence-corrected chi connectivity index (χ4v) is 2.29. The van der Waals surface area contributed by atoms with E-state index in [1.54, 1.807) is 11.3 Å². The number of benzene rings is 1. The van der Waals surface area contributed by atoms with Gasteiger partial charge < -0.3 is 0 Å². The second kappa shape index (κ2) is 5.68. The molecule has 0 radical (unpaired) electrons. The molecule has 2 rings (SSSR count). The Labute approximate surface area is 105 Å². The molecule has 17 heavy (non-hydrogen) atoms. The maximum absolute atomic E-state index is 4.32. The van der Waals surface area contributed by atoms with Crippen LogP contribution in [0.3, 0.4) is 0 Å². The maximum Gasteiger partial charge on any atom is 0.231 e. The quantitative estimate of drug-likeness (QED) is 0.773. The van der Waals surface area contributed by atoms with E-state index >= 15 is 0 Å². The first-order valence-electron chi connectivity index (χ1n) is 5.65. The molecule has 2 aromatic rings. The van der Waals surface area contributed by atoms with E-state index in [1.165, 1.54) is 0 Å². The summed E-state index contributed by atoms with van der Waals surface area (Å²) in [7, 11) is 0. The number of aliphatic imine (C=N–C) groups is 1. The molecule has 0 atom stereocenters. The molecule has 1 aromatic carbocycles. The van der Waals surface area contributed by atoms with Crippen LogP contribution in [0.4, 0.5) is 5.13 Å². The van der Waals surface area contributed by atoms with Gasteiger partial charge in [0.15, 0.2) is 0 Å². The first-order chi connectivity index (χ1) is 8.24. The highest BCUT2D eigenvalue weighted by atomic mass is 32.1. The summed E-state index contributed by atoms with van der Waals surface area (Å²) in [5, 5.41) is 9.96. The molecule has 1 aromatic heterocycles. The van der Waals surface area contributed by atoms with Gasteiger partial charge in [-0.25, -0.2) is 4.99 Å². The zero-order valence-electron chi connectivity index (χ0n) is 10.00. The minimum absolute atomic E-state index is 0.605. The number of nitrogens with zero attached hydrogens (tertiary/aromatic N) is 3. The van der Waals surface area contributed by atoms with Crippen molar-refractivity contribution in [1.82, 2.24) is 10.2 Å². The van der Waals surface area contributed by atoms with E-state index < -0.39 is 0 Å². The second-order valence-corrected chi connectivity index (χ2v) is 5.29. The molecule has 0 aliphatic heterocycles. The Morgan fingerprint density at radius 3 is 2.71 bits per heavy atom. The smallest absolute Gasteiger partial charge is 0.226 e. The van der Waals surface area contributed by atoms with Gasteiger partial charge in [0.2, 0.25) is 5.13 Å². The topological polar surface area (TPSA) is 38.1 Å². The standard InChI is InChI=1S/C13H15N3S/c1-10(2)8-12-15-16-13(17-12)14-9-11-6-4-3-5-7-11/h3-7,9-10H,8H2,1-2H3. The lowest BCUT2D eigenvalue weighted by Gasteiger charge is -1.96. The van der Waals surface area contributed by atoms with Crippen LogP contribution < -0.4 is 0 Å². The van der Waals surface area contributed by atoms with E-state index in [4.69, 9.17) is 0 Å². The van der Waals surface area contributed by atoms with Gasteiger partial charge >= 0.3 is 0 Å². The molecule has 0 N–H and O–H groups in total. The van der Waals surface area contributed by atoms with Crippen molar-refractivity contribution in [3.05, 3.63) is 40.9 Å². The minimum atomic E-state index is 0.605. The summed E-state index contributed by atoms with van der Waals surface area (Å²) in [6.07, 6.45) is 2.79. The summed E-state index contributed by atoms with van der Waals surface area (Å²) >= 11 is 1.56. The van der Waals surface area contributed by atoms with Crippen molar-refractivity contribution >= 4 is 22.7 Å². The molecular weight excluding hydrogens is 230 g/mol. The van der Waals surface area contributed by atoms with Crippen LogP contribution in [0, 0.1) is 5.92 Å². The summed E-state index contributed by atoms with van der Waals surface area (Å²) in [6, 6.07) is 10.00. The SMILES string of the molecule is CC(C)Cc1nnc(N=Cc2ccccc2)s1. The molecule has 0 aliphatic rings. The van der Waals surface area contributed by atoms with Crippen molar-refractivity contribution in [2.75, 3.05) is 0 Å². The van der Waals surface area contributed by atoms with Gasteiger partial charge in [-0.3, -0.25) is 0 Å². The van der Waals surface area contributed by atoms with E-state index in [0.29, 0.717) is 5.92 Å². The van der Waals surface area contributed by atoms with Crippen LogP contribution in [-0.4, -0.2) is 16.4 Å². The van der Waals surface area contributed by atoms with Crippen LogP contribution in [-0.2, 0) is 6.42 Å². The van der Waals surface area contributed by atoms with E-state index in [1.807, 2.05) is 36.5 Å². The molecule has 0 amide bonds. The van der Waals surface area contributed by atoms with Crippen molar-refractivity contribution in [2.24, 2.45) is 10.9 Å². The van der Waals surface area contributed by atoms with Crippen LogP contribution in [0.25, 0.3) is 0 Å². The van der Waals surface area contributed by atoms with Gasteiger partial charge in [-0.1, -0.05) is 55.5 Å². The van der Waals surface area contributed by atoms with Crippen LogP contribution in [0.15, 0.2) is 35.3 Å². The molecule has 0 spiro atoms. The first-order valence-corrected chi connectivity index (χ1v) is 6.47. The number of aromatic nitrogens is 2. The Balaban J connectivity index is 2.04. The molecule has 0 aliphatic carbocycles. The molecule has 88 valence electrons. The number of rotatable bonds is 4. The molecule has 0 saturated heterocycles. The molecule has 0 fully saturated rings. The lowest BCUT2D eigenvalue weighted by Crippen LogP contribution is -1.92. The van der Waals surface area contributed by atoms with Crippen molar-refractivity contribution in [2.45, 2.75) is 20.3 Å². The normalized spacial score (nSPS) is 11.5. The van der Waals surface area contributed by atoms with Crippen molar-refractivity contribution < 1.29 is 0 Å². The summed E-state index contributed by atoms with van der Waals surface area (Å²) in [6.45, 7) is 4.35. The van der Waals surface area contributed by atoms with Crippen molar-refractivity contribution in [3.8, 4) is 0 Å². The first kappa shape index (κ1) is 11.9. The van der Waals surface area contributed by atoms with Gasteiger partial charge in [-0.05, 0) is 11.5 Å². The third-order valence-corrected chi connectivity index (χ3v) is 3.02. The second-order valence-electron chi connectivity index (χ2n) is 4.25. The Morgan fingerprint density at radius 1 is 1.24 bits per heavy atom. The average molecular weight is 245 g/mol. The highest BCUT2D eigenvalue weighted by molar-refractivity contribution is 7.14. The van der Waals surface area contributed by atoms with Gasteiger partial charge in [0.25, 0.3) is 0 Å². The van der Waals surface area contributed by atoms with Crippen LogP contribution >= 0.6 is 11.3 Å². The van der Waals surface area contributed by atoms with Crippen LogP contribution in [0.2, 0.25) is 0 Å². The predicted octanol–water partition coefficient (Wildman–Crippen LogP) is 3.49. The molecule has 3 nitrogen and oxygen atoms in total. The third kappa shape index (κ3) is 3.75. The average Bonchev–Trinajstić information content (AvgIpc) is 2.75. The van der Waals surface area contributed by atoms with Gasteiger partial charge in [0.1, 0.15) is 5.01 Å². The molecule has 0 saturated carbocycles. The fourth-order valence-electron chi connectivity index (χ4n) is 1.40. The molecule has 0 bridgehead atoms. The van der Waals surface area contributed by atoms with Gasteiger partial charge in [-0.15, -0.1) is 10.2 Å². The summed E-state index contributed by atoms with van der Waals surface area (Å²) < 4.78 is 0. The molecule has 4 heteroatoms. The van der Waals surface area contributed by atoms with Crippen molar-refractivity contribution in [3.63, 3.8) is 0 Å². The molecule has 1 heterocycles. The monoisotopic (exact) mass is 245 g/mol. The third-order valence-electron chi connectivity index (χ3n) is 2.16. The summed E-state index contributed by atoms with van der Waals surface area (Å²) in [5.74, 6) is 0.605. The van der Waals surface area contributed by atoms with E-state index in [2.05, 4.69) is 29.0 Å². The van der Waals surface area contributed by atoms with Gasteiger partial charge in [0.05, 0.1) is 0 Å². The summed E-state index contributed by atoms with van der Waals surface area (Å²) in [4.78, 5) is 4.32. The number of hydrogen-bond donors (Lipinski definition) is 0. The van der Waals surface area contributed by atoms with Gasteiger partial charge in [0, 0.05) is 12.6 Å². The summed E-state index contributed by atoms with van der Waals surface area (Å²) in [5.41, 5.74) is 1.08. The largest absolute Gasteiger partial charge is 0.231 e.